The van der Waals surface area contributed by atoms with Gasteiger partial charge in [-0.25, -0.2) is 4.79 Å². The monoisotopic (exact) mass is 505 g/mol. The number of rotatable bonds is 11. The van der Waals surface area contributed by atoms with E-state index in [-0.39, 0.29) is 23.8 Å². The lowest BCUT2D eigenvalue weighted by Gasteiger charge is -2.31. The molecule has 2 fully saturated rings. The minimum Gasteiger partial charge on any atom is -0.444 e. The lowest BCUT2D eigenvalue weighted by atomic mass is 9.84. The number of amides is 3. The molecule has 0 saturated heterocycles. The zero-order valence-electron chi connectivity index (χ0n) is 23.4. The van der Waals surface area contributed by atoms with Crippen molar-refractivity contribution in [2.24, 2.45) is 17.8 Å². The summed E-state index contributed by atoms with van der Waals surface area (Å²) in [6.07, 6.45) is 14.4. The normalized spacial score (nSPS) is 20.2. The van der Waals surface area contributed by atoms with Gasteiger partial charge in [-0.2, -0.15) is 0 Å². The van der Waals surface area contributed by atoms with Gasteiger partial charge in [-0.1, -0.05) is 84.1 Å². The first-order valence-corrected chi connectivity index (χ1v) is 14.2. The molecule has 2 aliphatic carbocycles. The number of nitrogens with one attached hydrogen (secondary N) is 3. The number of hydrogen-bond donors (Lipinski definition) is 3. The summed E-state index contributed by atoms with van der Waals surface area (Å²) in [6.45, 7) is 13.2. The van der Waals surface area contributed by atoms with Crippen molar-refractivity contribution < 1.29 is 19.1 Å². The van der Waals surface area contributed by atoms with Crippen LogP contribution in [0.15, 0.2) is 12.7 Å². The Morgan fingerprint density at radius 1 is 0.833 bits per heavy atom. The Bertz CT molecular complexity index is 719. The van der Waals surface area contributed by atoms with Crippen molar-refractivity contribution in [2.45, 2.75) is 135 Å². The van der Waals surface area contributed by atoms with E-state index in [9.17, 15) is 14.4 Å². The smallest absolute Gasteiger partial charge is 0.408 e. The predicted molar refractivity (Wildman–Crippen MR) is 144 cm³/mol. The van der Waals surface area contributed by atoms with E-state index in [0.29, 0.717) is 18.3 Å². The highest BCUT2D eigenvalue weighted by molar-refractivity contribution is 5.91. The molecule has 0 unspecified atom stereocenters. The third kappa shape index (κ3) is 10.9. The molecule has 3 N–H and O–H groups in total. The molecule has 3 atom stereocenters. The maximum Gasteiger partial charge on any atom is 0.408 e. The summed E-state index contributed by atoms with van der Waals surface area (Å²) in [5, 5.41) is 8.85. The summed E-state index contributed by atoms with van der Waals surface area (Å²) < 4.78 is 5.43. The van der Waals surface area contributed by atoms with E-state index in [0.717, 1.165) is 32.1 Å². The van der Waals surface area contributed by atoms with Gasteiger partial charge in [0.25, 0.3) is 0 Å². The van der Waals surface area contributed by atoms with Crippen LogP contribution in [0.25, 0.3) is 0 Å². The van der Waals surface area contributed by atoms with Crippen LogP contribution in [0.1, 0.15) is 112 Å². The van der Waals surface area contributed by atoms with Crippen LogP contribution in [0, 0.1) is 17.8 Å². The van der Waals surface area contributed by atoms with Gasteiger partial charge >= 0.3 is 6.09 Å². The quantitative estimate of drug-likeness (QED) is 0.317. The number of carbonyl (C=O) groups is 3. The third-order valence-electron chi connectivity index (χ3n) is 7.47. The summed E-state index contributed by atoms with van der Waals surface area (Å²) >= 11 is 0. The zero-order chi connectivity index (χ0) is 26.7. The summed E-state index contributed by atoms with van der Waals surface area (Å²) in [5.41, 5.74) is -0.658. The van der Waals surface area contributed by atoms with Crippen LogP contribution in [-0.4, -0.2) is 41.6 Å². The Hall–Kier alpha value is -2.05. The molecule has 0 aliphatic heterocycles. The molecule has 2 rings (SSSR count). The highest BCUT2D eigenvalue weighted by atomic mass is 16.6. The van der Waals surface area contributed by atoms with E-state index >= 15 is 0 Å². The average molecular weight is 506 g/mol. The first kappa shape index (κ1) is 30.2. The number of ether oxygens (including phenoxy) is 1. The summed E-state index contributed by atoms with van der Waals surface area (Å²) in [6, 6.07) is -1.55. The third-order valence-corrected chi connectivity index (χ3v) is 7.47. The average Bonchev–Trinajstić information content (AvgIpc) is 2.81. The van der Waals surface area contributed by atoms with Gasteiger partial charge in [0, 0.05) is 6.04 Å². The maximum absolute atomic E-state index is 13.4. The molecule has 0 aromatic carbocycles. The molecule has 206 valence electrons. The summed E-state index contributed by atoms with van der Waals surface area (Å²) in [5.74, 6) is 0.338. The van der Waals surface area contributed by atoms with Crippen LogP contribution in [0.3, 0.4) is 0 Å². The fourth-order valence-corrected chi connectivity index (χ4v) is 5.49. The predicted octanol–water partition coefficient (Wildman–Crippen LogP) is 5.63. The van der Waals surface area contributed by atoms with E-state index in [1.54, 1.807) is 20.8 Å². The topological polar surface area (TPSA) is 96.5 Å². The molecule has 2 aliphatic rings. The molecule has 36 heavy (non-hydrogen) atoms. The lowest BCUT2D eigenvalue weighted by molar-refractivity contribution is -0.131. The molecule has 0 heterocycles. The molecule has 7 heteroatoms. The second kappa shape index (κ2) is 14.6. The molecule has 0 aromatic rings. The van der Waals surface area contributed by atoms with Gasteiger partial charge in [0.1, 0.15) is 17.7 Å². The van der Waals surface area contributed by atoms with Gasteiger partial charge in [-0.3, -0.25) is 9.59 Å². The molecule has 7 nitrogen and oxygen atoms in total. The van der Waals surface area contributed by atoms with Crippen LogP contribution < -0.4 is 16.0 Å². The van der Waals surface area contributed by atoms with Crippen molar-refractivity contribution in [2.75, 3.05) is 0 Å². The van der Waals surface area contributed by atoms with Crippen LogP contribution in [-0.2, 0) is 14.3 Å². The van der Waals surface area contributed by atoms with Crippen LogP contribution in [0.2, 0.25) is 0 Å². The lowest BCUT2D eigenvalue weighted by Crippen LogP contribution is -2.57. The van der Waals surface area contributed by atoms with Crippen molar-refractivity contribution in [1.82, 2.24) is 16.0 Å². The van der Waals surface area contributed by atoms with Gasteiger partial charge in [0.15, 0.2) is 0 Å². The van der Waals surface area contributed by atoms with Gasteiger partial charge in [0.05, 0.1) is 0 Å². The van der Waals surface area contributed by atoms with Gasteiger partial charge < -0.3 is 20.7 Å². The summed E-state index contributed by atoms with van der Waals surface area (Å²) in [7, 11) is 0. The Balaban J connectivity index is 2.05. The van der Waals surface area contributed by atoms with E-state index in [1.807, 2.05) is 19.9 Å². The van der Waals surface area contributed by atoms with Crippen molar-refractivity contribution in [3.8, 4) is 0 Å². The fraction of sp³-hybridized carbons (Fsp3) is 0.828. The van der Waals surface area contributed by atoms with Gasteiger partial charge in [-0.15, -0.1) is 6.58 Å². The summed E-state index contributed by atoms with van der Waals surface area (Å²) in [4.78, 5) is 39.2. The van der Waals surface area contributed by atoms with Crippen molar-refractivity contribution in [3.05, 3.63) is 12.7 Å². The van der Waals surface area contributed by atoms with Crippen LogP contribution in [0.5, 0.6) is 0 Å². The van der Waals surface area contributed by atoms with E-state index in [4.69, 9.17) is 4.74 Å². The largest absolute Gasteiger partial charge is 0.444 e. The highest BCUT2D eigenvalue weighted by Crippen LogP contribution is 2.28. The second-order valence-corrected chi connectivity index (χ2v) is 12.3. The van der Waals surface area contributed by atoms with Crippen molar-refractivity contribution >= 4 is 17.9 Å². The minimum atomic E-state index is -0.741. The van der Waals surface area contributed by atoms with Gasteiger partial charge in [-0.05, 0) is 51.4 Å². The number of hydrogen-bond acceptors (Lipinski definition) is 4. The standard InChI is InChI=1S/C29H51N3O4/c1-7-23(18-21-14-10-8-11-15-21)30-27(34)25(20(2)3)32-26(33)24(19-22-16-12-9-13-17-22)31-28(35)36-29(4,5)6/h7,20-25H,1,8-19H2,2-6H3,(H,30,34)(H,31,35)(H,32,33)/t23-,24+,25+/m1/s1. The zero-order valence-corrected chi connectivity index (χ0v) is 23.4. The molecule has 0 radical (unpaired) electrons. The molecular weight excluding hydrogens is 454 g/mol. The molecule has 0 spiro atoms. The maximum atomic E-state index is 13.4. The molecule has 0 aromatic heterocycles. The highest BCUT2D eigenvalue weighted by Gasteiger charge is 2.32. The molecular formula is C29H51N3O4. The number of alkyl carbamates (subject to hydrolysis) is 1. The Labute approximate surface area is 219 Å². The van der Waals surface area contributed by atoms with Crippen LogP contribution >= 0.6 is 0 Å². The van der Waals surface area contributed by atoms with E-state index < -0.39 is 23.8 Å². The van der Waals surface area contributed by atoms with E-state index in [2.05, 4.69) is 22.5 Å². The first-order valence-electron chi connectivity index (χ1n) is 14.2. The fourth-order valence-electron chi connectivity index (χ4n) is 5.49. The second-order valence-electron chi connectivity index (χ2n) is 12.3. The molecule has 2 saturated carbocycles. The Kier molecular flexibility index (Phi) is 12.3. The van der Waals surface area contributed by atoms with Gasteiger partial charge in [0.2, 0.25) is 11.8 Å². The Morgan fingerprint density at radius 2 is 1.36 bits per heavy atom. The van der Waals surface area contributed by atoms with Crippen LogP contribution in [0.4, 0.5) is 4.79 Å². The van der Waals surface area contributed by atoms with E-state index in [1.165, 1.54) is 38.5 Å². The minimum absolute atomic E-state index is 0.106. The van der Waals surface area contributed by atoms with Crippen molar-refractivity contribution in [3.63, 3.8) is 0 Å². The molecule has 3 amide bonds. The molecule has 0 bridgehead atoms. The Morgan fingerprint density at radius 3 is 1.83 bits per heavy atom. The first-order chi connectivity index (χ1) is 17.0. The number of carbonyl (C=O) groups excluding carboxylic acids is 3. The SMILES string of the molecule is C=C[C@H](CC1CCCCC1)NC(=O)[C@@H](NC(=O)[C@H](CC1CCCCC1)NC(=O)OC(C)(C)C)C(C)C. The van der Waals surface area contributed by atoms with Crippen molar-refractivity contribution in [1.29, 1.82) is 0 Å².